The summed E-state index contributed by atoms with van der Waals surface area (Å²) in [6.07, 6.45) is 9.27. The number of aryl methyl sites for hydroxylation is 2. The maximum absolute atomic E-state index is 11.3. The zero-order chi connectivity index (χ0) is 39.0. The van der Waals surface area contributed by atoms with Crippen LogP contribution < -0.4 is 9.47 Å². The molecule has 7 heteroatoms. The van der Waals surface area contributed by atoms with E-state index in [1.54, 1.807) is 24.3 Å². The second-order valence-corrected chi connectivity index (χ2v) is 14.7. The lowest BCUT2D eigenvalue weighted by atomic mass is 9.94. The Morgan fingerprint density at radius 1 is 0.518 bits per heavy atom. The van der Waals surface area contributed by atoms with E-state index in [1.807, 2.05) is 12.1 Å². The summed E-state index contributed by atoms with van der Waals surface area (Å²) in [5, 5.41) is 27.4. The molecular formula is C49H51N3O4. The molecule has 2 N–H and O–H groups in total. The zero-order valence-corrected chi connectivity index (χ0v) is 32.8. The fourth-order valence-electron chi connectivity index (χ4n) is 7.65. The number of rotatable bonds is 16. The predicted octanol–water partition coefficient (Wildman–Crippen LogP) is 12.9. The first kappa shape index (κ1) is 38.3. The van der Waals surface area contributed by atoms with E-state index in [4.69, 9.17) is 9.47 Å². The van der Waals surface area contributed by atoms with Crippen LogP contribution in [0.4, 0.5) is 0 Å². The molecule has 1 heterocycles. The molecule has 286 valence electrons. The lowest BCUT2D eigenvalue weighted by Gasteiger charge is -2.22. The van der Waals surface area contributed by atoms with Crippen LogP contribution in [0.25, 0.3) is 44.3 Å². The van der Waals surface area contributed by atoms with Crippen molar-refractivity contribution in [2.75, 3.05) is 0 Å². The Morgan fingerprint density at radius 3 is 1.36 bits per heavy atom. The van der Waals surface area contributed by atoms with Crippen LogP contribution in [0.3, 0.4) is 0 Å². The maximum Gasteiger partial charge on any atom is 0.167 e. The number of nitrogens with zero attached hydrogens (tertiary/aromatic N) is 3. The largest absolute Gasteiger partial charge is 0.507 e. The van der Waals surface area contributed by atoms with Gasteiger partial charge < -0.3 is 19.7 Å². The summed E-state index contributed by atoms with van der Waals surface area (Å²) in [5.74, 6) is 1.67. The molecule has 0 amide bonds. The SMILES string of the molecule is CCCCCC(Oc1ccc(-c2ncnc(-c3ccc(OC(CCCCC)c4ccc(C)c5ccccc45)cc3O)n2)c(O)c1)c1ccc(C)c2ccccc12. The third-order valence-electron chi connectivity index (χ3n) is 10.7. The monoisotopic (exact) mass is 745 g/mol. The van der Waals surface area contributed by atoms with Gasteiger partial charge in [0.2, 0.25) is 0 Å². The number of aromatic nitrogens is 3. The van der Waals surface area contributed by atoms with Crippen molar-refractivity contribution < 1.29 is 19.7 Å². The van der Waals surface area contributed by atoms with E-state index in [-0.39, 0.29) is 35.4 Å². The molecule has 6 aromatic carbocycles. The fraction of sp³-hybridized carbons (Fsp3) is 0.286. The lowest BCUT2D eigenvalue weighted by Crippen LogP contribution is -2.09. The van der Waals surface area contributed by atoms with Crippen molar-refractivity contribution in [1.29, 1.82) is 0 Å². The van der Waals surface area contributed by atoms with Crippen molar-refractivity contribution in [2.45, 2.75) is 91.3 Å². The summed E-state index contributed by atoms with van der Waals surface area (Å²) in [4.78, 5) is 13.4. The molecule has 2 unspecified atom stereocenters. The minimum absolute atomic E-state index is 0.00793. The number of fused-ring (bicyclic) bond motifs is 2. The van der Waals surface area contributed by atoms with Crippen molar-refractivity contribution >= 4 is 21.5 Å². The highest BCUT2D eigenvalue weighted by atomic mass is 16.5. The number of ether oxygens (including phenoxy) is 2. The van der Waals surface area contributed by atoms with Crippen molar-refractivity contribution in [1.82, 2.24) is 15.0 Å². The van der Waals surface area contributed by atoms with Gasteiger partial charge in [-0.1, -0.05) is 112 Å². The summed E-state index contributed by atoms with van der Waals surface area (Å²) in [7, 11) is 0. The van der Waals surface area contributed by atoms with Crippen LogP contribution in [0.5, 0.6) is 23.0 Å². The molecule has 0 saturated carbocycles. The third kappa shape index (κ3) is 8.47. The highest BCUT2D eigenvalue weighted by molar-refractivity contribution is 5.89. The van der Waals surface area contributed by atoms with E-state index in [0.717, 1.165) is 62.5 Å². The van der Waals surface area contributed by atoms with Crippen LogP contribution in [0, 0.1) is 13.8 Å². The molecule has 7 aromatic rings. The van der Waals surface area contributed by atoms with E-state index in [2.05, 4.69) is 115 Å². The van der Waals surface area contributed by atoms with Gasteiger partial charge in [0.15, 0.2) is 11.6 Å². The van der Waals surface area contributed by atoms with Crippen molar-refractivity contribution in [3.8, 4) is 45.8 Å². The second kappa shape index (κ2) is 17.7. The van der Waals surface area contributed by atoms with Gasteiger partial charge in [0.1, 0.15) is 41.5 Å². The Balaban J connectivity index is 1.12. The van der Waals surface area contributed by atoms with Crippen molar-refractivity contribution in [2.24, 2.45) is 0 Å². The maximum atomic E-state index is 11.3. The van der Waals surface area contributed by atoms with Crippen LogP contribution in [-0.2, 0) is 0 Å². The molecule has 2 atom stereocenters. The summed E-state index contributed by atoms with van der Waals surface area (Å²) in [6, 6.07) is 36.0. The summed E-state index contributed by atoms with van der Waals surface area (Å²) in [6.45, 7) is 8.66. The van der Waals surface area contributed by atoms with Crippen LogP contribution in [-0.4, -0.2) is 25.2 Å². The van der Waals surface area contributed by atoms with E-state index in [0.29, 0.717) is 22.6 Å². The highest BCUT2D eigenvalue weighted by Crippen LogP contribution is 2.39. The van der Waals surface area contributed by atoms with Gasteiger partial charge in [-0.05, 0) is 96.5 Å². The standard InChI is InChI=1S/C49H51N3O4/c1-5-7-9-19-46(40-25-21-32(3)36-15-11-13-17-38(36)40)55-34-23-27-42(44(53)29-34)48-50-31-51-49(52-48)43-28-24-35(30-45(43)54)56-47(20-10-8-6-2)41-26-22-33(4)37-16-12-14-18-39(37)41/h11-18,21-31,46-47,53-54H,5-10,19-20H2,1-4H3. The molecule has 0 bridgehead atoms. The van der Waals surface area contributed by atoms with Crippen molar-refractivity contribution in [3.05, 3.63) is 138 Å². The number of phenols is 2. The first-order chi connectivity index (χ1) is 27.3. The van der Waals surface area contributed by atoms with Crippen LogP contribution in [0.2, 0.25) is 0 Å². The molecule has 0 aliphatic heterocycles. The average Bonchev–Trinajstić information content (AvgIpc) is 3.21. The van der Waals surface area contributed by atoms with Crippen LogP contribution >= 0.6 is 0 Å². The van der Waals surface area contributed by atoms with E-state index in [9.17, 15) is 10.2 Å². The Morgan fingerprint density at radius 2 is 0.946 bits per heavy atom. The average molecular weight is 746 g/mol. The predicted molar refractivity (Wildman–Crippen MR) is 226 cm³/mol. The molecule has 0 aliphatic rings. The number of hydrogen-bond acceptors (Lipinski definition) is 7. The molecule has 1 aromatic heterocycles. The molecule has 0 spiro atoms. The number of benzene rings is 6. The minimum atomic E-state index is -0.182. The second-order valence-electron chi connectivity index (χ2n) is 14.7. The van der Waals surface area contributed by atoms with E-state index in [1.165, 1.54) is 39.0 Å². The Labute approximate surface area is 330 Å². The van der Waals surface area contributed by atoms with Gasteiger partial charge in [-0.15, -0.1) is 0 Å². The third-order valence-corrected chi connectivity index (χ3v) is 10.7. The van der Waals surface area contributed by atoms with E-state index < -0.39 is 0 Å². The minimum Gasteiger partial charge on any atom is -0.507 e. The molecule has 0 radical (unpaired) electrons. The Hall–Kier alpha value is -5.95. The van der Waals surface area contributed by atoms with Gasteiger partial charge >= 0.3 is 0 Å². The first-order valence-electron chi connectivity index (χ1n) is 20.0. The summed E-state index contributed by atoms with van der Waals surface area (Å²) >= 11 is 0. The molecule has 0 saturated heterocycles. The van der Waals surface area contributed by atoms with Gasteiger partial charge in [-0.2, -0.15) is 0 Å². The van der Waals surface area contributed by atoms with Crippen molar-refractivity contribution in [3.63, 3.8) is 0 Å². The summed E-state index contributed by atoms with van der Waals surface area (Å²) < 4.78 is 13.3. The Kier molecular flexibility index (Phi) is 12.1. The topological polar surface area (TPSA) is 97.6 Å². The number of aromatic hydroxyl groups is 2. The number of phenolic OH excluding ortho intramolecular Hbond substituents is 2. The quantitative estimate of drug-likeness (QED) is 0.0950. The fourth-order valence-corrected chi connectivity index (χ4v) is 7.65. The molecule has 0 aliphatic carbocycles. The Bertz CT molecular complexity index is 2280. The van der Waals surface area contributed by atoms with Gasteiger partial charge in [-0.25, -0.2) is 15.0 Å². The smallest absolute Gasteiger partial charge is 0.167 e. The van der Waals surface area contributed by atoms with Crippen LogP contribution in [0.15, 0.2) is 116 Å². The van der Waals surface area contributed by atoms with Gasteiger partial charge in [-0.3, -0.25) is 0 Å². The molecule has 7 rings (SSSR count). The van der Waals surface area contributed by atoms with Gasteiger partial charge in [0, 0.05) is 23.3 Å². The normalized spacial score (nSPS) is 12.5. The highest BCUT2D eigenvalue weighted by Gasteiger charge is 2.21. The van der Waals surface area contributed by atoms with Crippen LogP contribution in [0.1, 0.15) is 99.7 Å². The first-order valence-corrected chi connectivity index (χ1v) is 20.0. The molecule has 56 heavy (non-hydrogen) atoms. The van der Waals surface area contributed by atoms with Gasteiger partial charge in [0.25, 0.3) is 0 Å². The van der Waals surface area contributed by atoms with Gasteiger partial charge in [0.05, 0.1) is 11.1 Å². The molecule has 7 nitrogen and oxygen atoms in total. The number of hydrogen-bond donors (Lipinski definition) is 2. The lowest BCUT2D eigenvalue weighted by molar-refractivity contribution is 0.191. The summed E-state index contributed by atoms with van der Waals surface area (Å²) in [5.41, 5.74) is 5.60. The molecular weight excluding hydrogens is 695 g/mol. The number of unbranched alkanes of at least 4 members (excludes halogenated alkanes) is 4. The van der Waals surface area contributed by atoms with E-state index >= 15 is 0 Å². The zero-order valence-electron chi connectivity index (χ0n) is 32.8. The molecule has 0 fully saturated rings.